The van der Waals surface area contributed by atoms with Crippen molar-refractivity contribution in [1.82, 2.24) is 4.98 Å². The van der Waals surface area contributed by atoms with Crippen molar-refractivity contribution in [3.63, 3.8) is 0 Å². The van der Waals surface area contributed by atoms with Crippen LogP contribution in [0.25, 0.3) is 77.5 Å². The molecule has 3 nitrogen and oxygen atoms in total. The van der Waals surface area contributed by atoms with Gasteiger partial charge >= 0.3 is 0 Å². The quantitative estimate of drug-likeness (QED) is 0.165. The number of anilines is 3. The standard InChI is InChI=1S/C52H36N2O/c1-35-31-39(36-13-5-2-6-14-36)25-29-48(35)54(49-20-12-11-19-46(49)37-15-7-3-8-16-37)45-27-23-41-32-40(21-22-43(41)34-45)42-24-28-47-44(33-42)26-30-50-51(47)53-52(55-50)38-17-9-4-10-18-38/h2-34H,1H3. The van der Waals surface area contributed by atoms with Gasteiger partial charge in [-0.1, -0.05) is 140 Å². The Kier molecular flexibility index (Phi) is 8.04. The van der Waals surface area contributed by atoms with E-state index in [0.29, 0.717) is 5.89 Å². The van der Waals surface area contributed by atoms with Gasteiger partial charge in [0.05, 0.1) is 5.69 Å². The van der Waals surface area contributed by atoms with E-state index >= 15 is 0 Å². The van der Waals surface area contributed by atoms with Gasteiger partial charge in [-0.25, -0.2) is 4.98 Å². The summed E-state index contributed by atoms with van der Waals surface area (Å²) >= 11 is 0. The molecule has 0 unspecified atom stereocenters. The lowest BCUT2D eigenvalue weighted by molar-refractivity contribution is 0.620. The van der Waals surface area contributed by atoms with Crippen LogP contribution in [0.4, 0.5) is 17.1 Å². The van der Waals surface area contributed by atoms with Crippen molar-refractivity contribution in [1.29, 1.82) is 0 Å². The maximum atomic E-state index is 6.15. The summed E-state index contributed by atoms with van der Waals surface area (Å²) in [5.74, 6) is 0.641. The van der Waals surface area contributed by atoms with Gasteiger partial charge in [-0.15, -0.1) is 0 Å². The van der Waals surface area contributed by atoms with Gasteiger partial charge < -0.3 is 9.32 Å². The lowest BCUT2D eigenvalue weighted by atomic mass is 9.97. The zero-order chi connectivity index (χ0) is 36.7. The first-order valence-electron chi connectivity index (χ1n) is 18.7. The molecule has 0 saturated carbocycles. The first-order chi connectivity index (χ1) is 27.2. The molecule has 10 aromatic rings. The highest BCUT2D eigenvalue weighted by atomic mass is 16.3. The highest BCUT2D eigenvalue weighted by Crippen LogP contribution is 2.44. The van der Waals surface area contributed by atoms with Crippen LogP contribution in [0, 0.1) is 6.92 Å². The number of fused-ring (bicyclic) bond motifs is 4. The molecule has 9 aromatic carbocycles. The van der Waals surface area contributed by atoms with Crippen molar-refractivity contribution in [3.05, 3.63) is 206 Å². The predicted molar refractivity (Wildman–Crippen MR) is 230 cm³/mol. The molecule has 0 saturated heterocycles. The Hall–Kier alpha value is -7.23. The van der Waals surface area contributed by atoms with Crippen LogP contribution in [0.5, 0.6) is 0 Å². The highest BCUT2D eigenvalue weighted by Gasteiger charge is 2.20. The van der Waals surface area contributed by atoms with Crippen LogP contribution in [0.2, 0.25) is 0 Å². The number of aryl methyl sites for hydroxylation is 1. The van der Waals surface area contributed by atoms with Crippen molar-refractivity contribution in [3.8, 4) is 44.8 Å². The fourth-order valence-electron chi connectivity index (χ4n) is 7.81. The Labute approximate surface area is 320 Å². The van der Waals surface area contributed by atoms with E-state index in [9.17, 15) is 0 Å². The van der Waals surface area contributed by atoms with Gasteiger partial charge in [0.15, 0.2) is 5.58 Å². The molecule has 10 rings (SSSR count). The zero-order valence-electron chi connectivity index (χ0n) is 30.4. The van der Waals surface area contributed by atoms with Crippen LogP contribution in [0.15, 0.2) is 205 Å². The lowest BCUT2D eigenvalue weighted by Gasteiger charge is -2.30. The van der Waals surface area contributed by atoms with Gasteiger partial charge in [0.25, 0.3) is 0 Å². The van der Waals surface area contributed by atoms with E-state index in [0.717, 1.165) is 50.1 Å². The molecule has 0 fully saturated rings. The molecule has 0 aliphatic carbocycles. The molecule has 0 aliphatic heterocycles. The number of para-hydroxylation sites is 1. The van der Waals surface area contributed by atoms with Gasteiger partial charge in [-0.3, -0.25) is 0 Å². The predicted octanol–water partition coefficient (Wildman–Crippen LogP) is 14.6. The maximum Gasteiger partial charge on any atom is 0.227 e. The van der Waals surface area contributed by atoms with Gasteiger partial charge in [-0.2, -0.15) is 0 Å². The van der Waals surface area contributed by atoms with Crippen LogP contribution in [0.3, 0.4) is 0 Å². The molecule has 3 heteroatoms. The molecule has 0 spiro atoms. The summed E-state index contributed by atoms with van der Waals surface area (Å²) in [4.78, 5) is 7.31. The summed E-state index contributed by atoms with van der Waals surface area (Å²) in [5.41, 5.74) is 14.4. The number of rotatable bonds is 7. The van der Waals surface area contributed by atoms with Gasteiger partial charge in [0, 0.05) is 27.9 Å². The van der Waals surface area contributed by atoms with Crippen LogP contribution in [-0.4, -0.2) is 4.98 Å². The van der Waals surface area contributed by atoms with E-state index in [1.165, 1.54) is 44.2 Å². The molecule has 1 aromatic heterocycles. The molecular formula is C52H36N2O. The van der Waals surface area contributed by atoms with Gasteiger partial charge in [0.1, 0.15) is 5.52 Å². The minimum atomic E-state index is 0.641. The summed E-state index contributed by atoms with van der Waals surface area (Å²) in [6.45, 7) is 2.21. The summed E-state index contributed by atoms with van der Waals surface area (Å²) in [6, 6.07) is 71.2. The normalized spacial score (nSPS) is 11.4. The molecule has 0 radical (unpaired) electrons. The molecule has 0 amide bonds. The van der Waals surface area contributed by atoms with E-state index < -0.39 is 0 Å². The average molecular weight is 705 g/mol. The molecule has 0 atom stereocenters. The fourth-order valence-corrected chi connectivity index (χ4v) is 7.81. The third-order valence-electron chi connectivity index (χ3n) is 10.6. The topological polar surface area (TPSA) is 29.3 Å². The van der Waals surface area contributed by atoms with Crippen molar-refractivity contribution in [2.75, 3.05) is 4.90 Å². The summed E-state index contributed by atoms with van der Waals surface area (Å²) in [6.07, 6.45) is 0. The van der Waals surface area contributed by atoms with Crippen LogP contribution < -0.4 is 4.90 Å². The average Bonchev–Trinajstić information content (AvgIpc) is 3.70. The summed E-state index contributed by atoms with van der Waals surface area (Å²) < 4.78 is 6.15. The van der Waals surface area contributed by atoms with E-state index in [1.54, 1.807) is 0 Å². The second-order valence-corrected chi connectivity index (χ2v) is 14.1. The Morgan fingerprint density at radius 2 is 1.00 bits per heavy atom. The number of aromatic nitrogens is 1. The molecule has 0 bridgehead atoms. The van der Waals surface area contributed by atoms with Crippen molar-refractivity contribution in [2.45, 2.75) is 6.92 Å². The highest BCUT2D eigenvalue weighted by molar-refractivity contribution is 6.05. The molecule has 260 valence electrons. The fraction of sp³-hybridized carbons (Fsp3) is 0.0192. The lowest BCUT2D eigenvalue weighted by Crippen LogP contribution is -2.12. The van der Waals surface area contributed by atoms with Crippen molar-refractivity contribution in [2.24, 2.45) is 0 Å². The third-order valence-corrected chi connectivity index (χ3v) is 10.6. The number of benzene rings is 9. The first-order valence-corrected chi connectivity index (χ1v) is 18.7. The Bertz CT molecular complexity index is 2990. The second-order valence-electron chi connectivity index (χ2n) is 14.1. The minimum absolute atomic E-state index is 0.641. The number of hydrogen-bond acceptors (Lipinski definition) is 3. The van der Waals surface area contributed by atoms with Gasteiger partial charge in [0.2, 0.25) is 5.89 Å². The van der Waals surface area contributed by atoms with Crippen LogP contribution in [0.1, 0.15) is 5.56 Å². The SMILES string of the molecule is Cc1cc(-c2ccccc2)ccc1N(c1ccc2cc(-c3ccc4c(ccc5oc(-c6ccccc6)nc54)c3)ccc2c1)c1ccccc1-c1ccccc1. The largest absolute Gasteiger partial charge is 0.436 e. The van der Waals surface area contributed by atoms with Gasteiger partial charge in [-0.05, 0) is 117 Å². The smallest absolute Gasteiger partial charge is 0.227 e. The Morgan fingerprint density at radius 3 is 1.76 bits per heavy atom. The monoisotopic (exact) mass is 704 g/mol. The summed E-state index contributed by atoms with van der Waals surface area (Å²) in [7, 11) is 0. The van der Waals surface area contributed by atoms with Crippen molar-refractivity contribution >= 4 is 49.7 Å². The molecule has 0 aliphatic rings. The second kappa shape index (κ2) is 13.6. The van der Waals surface area contributed by atoms with E-state index in [2.05, 4.69) is 176 Å². The Morgan fingerprint density at radius 1 is 0.418 bits per heavy atom. The number of oxazole rings is 1. The Balaban J connectivity index is 1.05. The summed E-state index contributed by atoms with van der Waals surface area (Å²) in [5, 5.41) is 4.59. The van der Waals surface area contributed by atoms with Crippen LogP contribution >= 0.6 is 0 Å². The van der Waals surface area contributed by atoms with Crippen LogP contribution in [-0.2, 0) is 0 Å². The van der Waals surface area contributed by atoms with E-state index in [4.69, 9.17) is 9.40 Å². The van der Waals surface area contributed by atoms with E-state index in [1.807, 2.05) is 36.4 Å². The molecular weight excluding hydrogens is 669 g/mol. The zero-order valence-corrected chi connectivity index (χ0v) is 30.4. The first kappa shape index (κ1) is 32.4. The number of nitrogens with zero attached hydrogens (tertiary/aromatic N) is 2. The molecule has 55 heavy (non-hydrogen) atoms. The number of hydrogen-bond donors (Lipinski definition) is 0. The third kappa shape index (κ3) is 6.02. The van der Waals surface area contributed by atoms with E-state index in [-0.39, 0.29) is 0 Å². The van der Waals surface area contributed by atoms with Crippen molar-refractivity contribution < 1.29 is 4.42 Å². The molecule has 0 N–H and O–H groups in total. The minimum Gasteiger partial charge on any atom is -0.436 e. The molecule has 1 heterocycles. The maximum absolute atomic E-state index is 6.15.